The van der Waals surface area contributed by atoms with Crippen molar-refractivity contribution in [3.05, 3.63) is 0 Å². The Morgan fingerprint density at radius 2 is 1.43 bits per heavy atom. The third-order valence-electron chi connectivity index (χ3n) is 3.85. The standard InChI is InChI=1S/C17H35O8P.2Na/c1-2-3-4-5-6-7-8-9-10-11-12-17(19)25-16(13-23-15-18)14-24-26(20,21)22;;/h16,18H,2-15H2,1H3,(H2,20,21,22);;/q;2*+1/p-2/t16-;;/m1../s1. The number of aliphatic hydroxyl groups is 1. The normalized spacial score (nSPS) is 12.0. The third-order valence-corrected chi connectivity index (χ3v) is 4.31. The quantitative estimate of drug-likeness (QED) is 0.0749. The number of rotatable bonds is 18. The number of carbonyl (C=O) groups is 1. The number of unbranched alkanes of at least 4 members (excludes halogenated alkanes) is 9. The first-order valence-corrected chi connectivity index (χ1v) is 10.9. The smallest absolute Gasteiger partial charge is 0.790 e. The molecule has 0 aliphatic rings. The zero-order valence-corrected chi connectivity index (χ0v) is 22.6. The summed E-state index contributed by atoms with van der Waals surface area (Å²) in [5.74, 6) is -0.508. The maximum atomic E-state index is 11.8. The number of ether oxygens (including phenoxy) is 2. The van der Waals surface area contributed by atoms with Crippen LogP contribution in [0.3, 0.4) is 0 Å². The molecule has 1 N–H and O–H groups in total. The van der Waals surface area contributed by atoms with Crippen LogP contribution in [0.25, 0.3) is 0 Å². The molecule has 11 heteroatoms. The van der Waals surface area contributed by atoms with Crippen molar-refractivity contribution >= 4 is 13.8 Å². The van der Waals surface area contributed by atoms with Crippen molar-refractivity contribution < 1.29 is 97.4 Å². The monoisotopic (exact) mass is 442 g/mol. The average molecular weight is 442 g/mol. The molecular formula is C17H33Na2O8P. The summed E-state index contributed by atoms with van der Waals surface area (Å²) in [6.45, 7) is 0.721. The molecule has 0 aliphatic heterocycles. The zero-order valence-electron chi connectivity index (χ0n) is 17.7. The number of phosphoric acid groups is 1. The molecule has 0 amide bonds. The summed E-state index contributed by atoms with van der Waals surface area (Å²) in [6, 6.07) is 0. The van der Waals surface area contributed by atoms with Gasteiger partial charge in [-0.3, -0.25) is 4.79 Å². The Morgan fingerprint density at radius 1 is 0.929 bits per heavy atom. The molecule has 8 nitrogen and oxygen atoms in total. The fourth-order valence-electron chi connectivity index (χ4n) is 2.48. The molecule has 0 aliphatic carbocycles. The zero-order chi connectivity index (χ0) is 19.7. The first-order chi connectivity index (χ1) is 12.4. The molecule has 0 saturated heterocycles. The number of aliphatic hydroxyl groups excluding tert-OH is 1. The van der Waals surface area contributed by atoms with Crippen LogP contribution >= 0.6 is 7.82 Å². The van der Waals surface area contributed by atoms with Gasteiger partial charge in [0.15, 0.2) is 0 Å². The summed E-state index contributed by atoms with van der Waals surface area (Å²) in [4.78, 5) is 32.7. The molecule has 0 aromatic carbocycles. The fraction of sp³-hybridized carbons (Fsp3) is 0.941. The number of carbonyl (C=O) groups excluding carboxylic acids is 1. The molecule has 1 atom stereocenters. The minimum Gasteiger partial charge on any atom is -0.790 e. The number of hydrogen-bond donors (Lipinski definition) is 1. The molecule has 0 rings (SSSR count). The second-order valence-electron chi connectivity index (χ2n) is 6.29. The maximum absolute atomic E-state index is 11.8. The molecule has 28 heavy (non-hydrogen) atoms. The van der Waals surface area contributed by atoms with Crippen molar-refractivity contribution in [1.29, 1.82) is 0 Å². The van der Waals surface area contributed by atoms with Crippen LogP contribution in [0.5, 0.6) is 0 Å². The van der Waals surface area contributed by atoms with Crippen molar-refractivity contribution in [2.75, 3.05) is 20.0 Å². The Balaban J connectivity index is -0.00000312. The van der Waals surface area contributed by atoms with Gasteiger partial charge >= 0.3 is 65.1 Å². The van der Waals surface area contributed by atoms with Gasteiger partial charge in [0.1, 0.15) is 12.9 Å². The summed E-state index contributed by atoms with van der Waals surface area (Å²) < 4.78 is 24.3. The van der Waals surface area contributed by atoms with E-state index in [0.29, 0.717) is 6.42 Å². The largest absolute Gasteiger partial charge is 1.00 e. The van der Waals surface area contributed by atoms with E-state index in [2.05, 4.69) is 16.2 Å². The van der Waals surface area contributed by atoms with Crippen LogP contribution in [0.15, 0.2) is 0 Å². The van der Waals surface area contributed by atoms with E-state index in [1.165, 1.54) is 38.5 Å². The molecule has 0 heterocycles. The Kier molecular flexibility index (Phi) is 28.2. The summed E-state index contributed by atoms with van der Waals surface area (Å²) in [5.41, 5.74) is 0. The topological polar surface area (TPSA) is 128 Å². The summed E-state index contributed by atoms with van der Waals surface area (Å²) in [6.07, 6.45) is 10.6. The summed E-state index contributed by atoms with van der Waals surface area (Å²) in [7, 11) is -5.15. The van der Waals surface area contributed by atoms with Gasteiger partial charge in [0.2, 0.25) is 0 Å². The van der Waals surface area contributed by atoms with Gasteiger partial charge in [-0.1, -0.05) is 64.7 Å². The van der Waals surface area contributed by atoms with E-state index >= 15 is 0 Å². The second kappa shape index (κ2) is 23.2. The maximum Gasteiger partial charge on any atom is 1.00 e. The predicted octanol–water partition coefficient (Wildman–Crippen LogP) is -3.97. The first kappa shape index (κ1) is 34.1. The summed E-state index contributed by atoms with van der Waals surface area (Å²) in [5, 5.41) is 8.60. The molecular weight excluding hydrogens is 409 g/mol. The van der Waals surface area contributed by atoms with E-state index < -0.39 is 33.3 Å². The van der Waals surface area contributed by atoms with Gasteiger partial charge in [-0.05, 0) is 6.42 Å². The van der Waals surface area contributed by atoms with Gasteiger partial charge in [0.05, 0.1) is 21.0 Å². The van der Waals surface area contributed by atoms with Crippen molar-refractivity contribution in [2.45, 2.75) is 83.7 Å². The number of phosphoric ester groups is 1. The van der Waals surface area contributed by atoms with Crippen LogP contribution in [0.2, 0.25) is 0 Å². The van der Waals surface area contributed by atoms with Gasteiger partial charge in [0.25, 0.3) is 0 Å². The third kappa shape index (κ3) is 25.5. The minimum atomic E-state index is -5.15. The van der Waals surface area contributed by atoms with Gasteiger partial charge in [-0.15, -0.1) is 0 Å². The Morgan fingerprint density at radius 3 is 1.89 bits per heavy atom. The van der Waals surface area contributed by atoms with Crippen LogP contribution < -0.4 is 68.9 Å². The van der Waals surface area contributed by atoms with Crippen LogP contribution in [0.1, 0.15) is 77.6 Å². The Bertz CT molecular complexity index is 395. The molecule has 0 spiro atoms. The van der Waals surface area contributed by atoms with Crippen molar-refractivity contribution in [3.63, 3.8) is 0 Å². The van der Waals surface area contributed by atoms with E-state index in [4.69, 9.17) is 9.84 Å². The molecule has 0 unspecified atom stereocenters. The minimum absolute atomic E-state index is 0. The number of hydrogen-bond acceptors (Lipinski definition) is 8. The van der Waals surface area contributed by atoms with Gasteiger partial charge in [-0.25, -0.2) is 0 Å². The van der Waals surface area contributed by atoms with Gasteiger partial charge in [-0.2, -0.15) is 0 Å². The van der Waals surface area contributed by atoms with Crippen molar-refractivity contribution in [1.82, 2.24) is 0 Å². The predicted molar refractivity (Wildman–Crippen MR) is 92.9 cm³/mol. The Labute approximate surface area is 213 Å². The van der Waals surface area contributed by atoms with Gasteiger partial charge in [0, 0.05) is 6.42 Å². The van der Waals surface area contributed by atoms with E-state index in [9.17, 15) is 19.1 Å². The molecule has 0 aromatic rings. The van der Waals surface area contributed by atoms with Gasteiger partial charge < -0.3 is 33.5 Å². The first-order valence-electron chi connectivity index (χ1n) is 9.43. The summed E-state index contributed by atoms with van der Waals surface area (Å²) >= 11 is 0. The molecule has 0 bridgehead atoms. The second-order valence-corrected chi connectivity index (χ2v) is 7.44. The van der Waals surface area contributed by atoms with Crippen LogP contribution in [0.4, 0.5) is 0 Å². The van der Waals surface area contributed by atoms with E-state index in [1.807, 2.05) is 0 Å². The molecule has 156 valence electrons. The molecule has 0 fully saturated rings. The molecule has 0 saturated carbocycles. The van der Waals surface area contributed by atoms with Crippen LogP contribution in [0, 0.1) is 0 Å². The molecule has 0 aromatic heterocycles. The van der Waals surface area contributed by atoms with Crippen molar-refractivity contribution in [2.24, 2.45) is 0 Å². The van der Waals surface area contributed by atoms with E-state index in [1.54, 1.807) is 0 Å². The van der Waals surface area contributed by atoms with Crippen molar-refractivity contribution in [3.8, 4) is 0 Å². The van der Waals surface area contributed by atoms with E-state index in [-0.39, 0.29) is 72.1 Å². The van der Waals surface area contributed by atoms with Crippen LogP contribution in [-0.4, -0.2) is 37.2 Å². The molecule has 0 radical (unpaired) electrons. The van der Waals surface area contributed by atoms with E-state index in [0.717, 1.165) is 19.3 Å². The Hall–Kier alpha value is 1.50. The fourth-order valence-corrected chi connectivity index (χ4v) is 2.83. The number of esters is 1. The average Bonchev–Trinajstić information content (AvgIpc) is 2.58. The SMILES string of the molecule is CCCCCCCCCCCCC(=O)O[C@H](COCO)COP(=O)([O-])[O-].[Na+].[Na+]. The van der Waals surface area contributed by atoms with Crippen LogP contribution in [-0.2, 0) is 23.4 Å².